The van der Waals surface area contributed by atoms with Gasteiger partial charge in [0.2, 0.25) is 0 Å². The third kappa shape index (κ3) is 3.58. The number of hydrogen-bond donors (Lipinski definition) is 5. The van der Waals surface area contributed by atoms with E-state index in [-0.39, 0.29) is 30.0 Å². The topological polar surface area (TPSA) is 118 Å². The Balaban J connectivity index is 1.65. The van der Waals surface area contributed by atoms with Crippen molar-refractivity contribution < 1.29 is 30.3 Å². The van der Waals surface area contributed by atoms with E-state index in [0.717, 1.165) is 24.8 Å². The Bertz CT molecular complexity index is 831. The summed E-state index contributed by atoms with van der Waals surface area (Å²) < 4.78 is 0. The quantitative estimate of drug-likeness (QED) is 0.427. The fourth-order valence-electron chi connectivity index (χ4n) is 8.24. The minimum Gasteiger partial charge on any atom is -0.393 e. The van der Waals surface area contributed by atoms with E-state index >= 15 is 0 Å². The van der Waals surface area contributed by atoms with Gasteiger partial charge in [0.1, 0.15) is 5.60 Å². The minimum absolute atomic E-state index is 0.0415. The highest BCUT2D eigenvalue weighted by atomic mass is 16.3. The molecule has 6 nitrogen and oxygen atoms in total. The molecule has 6 heteroatoms. The summed E-state index contributed by atoms with van der Waals surface area (Å²) >= 11 is 0. The fraction of sp³-hybridized carbons (Fsp3) is 0.889. The standard InChI is InChI=1S/C27H44O6/c1-16(21(29)9-10-23(2,3)31)18-8-13-26(32)20-14-22(30)27(33)15-17(28)6-11-25(27,5)19(20)7-12-24(18,26)4/h14,16-19,21,28-29,31-33H,6-13,15H2,1-5H3. The average Bonchev–Trinajstić information content (AvgIpc) is 2.99. The molecule has 3 fully saturated rings. The number of ketones is 1. The lowest BCUT2D eigenvalue weighted by Crippen LogP contribution is -2.66. The Morgan fingerprint density at radius 2 is 1.70 bits per heavy atom. The Kier molecular flexibility index (Phi) is 6.03. The van der Waals surface area contributed by atoms with E-state index in [0.29, 0.717) is 32.1 Å². The van der Waals surface area contributed by atoms with E-state index in [2.05, 4.69) is 6.92 Å². The third-order valence-electron chi connectivity index (χ3n) is 10.6. The van der Waals surface area contributed by atoms with Crippen LogP contribution in [-0.2, 0) is 4.79 Å². The van der Waals surface area contributed by atoms with Crippen LogP contribution in [0.5, 0.6) is 0 Å². The van der Waals surface area contributed by atoms with Crippen molar-refractivity contribution in [3.8, 4) is 0 Å². The molecule has 9 atom stereocenters. The molecule has 0 heterocycles. The van der Waals surface area contributed by atoms with Crippen molar-refractivity contribution in [1.82, 2.24) is 0 Å². The van der Waals surface area contributed by atoms with Crippen molar-refractivity contribution in [2.45, 2.75) is 121 Å². The zero-order valence-electron chi connectivity index (χ0n) is 21.0. The normalized spacial score (nSPS) is 47.3. The molecule has 0 saturated heterocycles. The van der Waals surface area contributed by atoms with Gasteiger partial charge in [-0.1, -0.05) is 20.8 Å². The number of carbonyl (C=O) groups is 1. The van der Waals surface area contributed by atoms with Gasteiger partial charge in [-0.15, -0.1) is 0 Å². The van der Waals surface area contributed by atoms with Crippen LogP contribution in [0.15, 0.2) is 11.6 Å². The number of aliphatic hydroxyl groups excluding tert-OH is 2. The van der Waals surface area contributed by atoms with Gasteiger partial charge >= 0.3 is 0 Å². The summed E-state index contributed by atoms with van der Waals surface area (Å²) in [5.74, 6) is -0.424. The van der Waals surface area contributed by atoms with Crippen molar-refractivity contribution in [1.29, 1.82) is 0 Å². The van der Waals surface area contributed by atoms with Gasteiger partial charge in [0.05, 0.1) is 23.4 Å². The smallest absolute Gasteiger partial charge is 0.187 e. The van der Waals surface area contributed by atoms with Gasteiger partial charge in [-0.3, -0.25) is 4.79 Å². The zero-order valence-corrected chi connectivity index (χ0v) is 21.0. The van der Waals surface area contributed by atoms with Crippen LogP contribution in [0.3, 0.4) is 0 Å². The van der Waals surface area contributed by atoms with Crippen LogP contribution in [-0.4, -0.2) is 60.3 Å². The Hall–Kier alpha value is -0.790. The second-order valence-electron chi connectivity index (χ2n) is 12.9. The Morgan fingerprint density at radius 1 is 1.06 bits per heavy atom. The molecule has 0 aromatic rings. The van der Waals surface area contributed by atoms with Crippen molar-refractivity contribution in [2.24, 2.45) is 28.6 Å². The maximum absolute atomic E-state index is 13.3. The van der Waals surface area contributed by atoms with Gasteiger partial charge in [-0.2, -0.15) is 0 Å². The first-order valence-corrected chi connectivity index (χ1v) is 12.9. The van der Waals surface area contributed by atoms with Crippen molar-refractivity contribution in [3.63, 3.8) is 0 Å². The number of hydrogen-bond acceptors (Lipinski definition) is 6. The SMILES string of the molecule is CC(C(O)CCC(C)(C)O)C1CCC2(O)C3=CC(=O)C4(O)CC(O)CCC4(C)C3CCC12C. The van der Waals surface area contributed by atoms with Crippen LogP contribution < -0.4 is 0 Å². The second-order valence-corrected chi connectivity index (χ2v) is 12.9. The third-order valence-corrected chi connectivity index (χ3v) is 10.6. The molecule has 0 aliphatic heterocycles. The van der Waals surface area contributed by atoms with E-state index in [4.69, 9.17) is 0 Å². The predicted molar refractivity (Wildman–Crippen MR) is 125 cm³/mol. The number of carbonyl (C=O) groups excluding carboxylic acids is 1. The summed E-state index contributed by atoms with van der Waals surface area (Å²) in [6, 6.07) is 0. The van der Waals surface area contributed by atoms with Gasteiger partial charge in [-0.05, 0) is 94.6 Å². The maximum Gasteiger partial charge on any atom is 0.187 e. The van der Waals surface area contributed by atoms with Crippen molar-refractivity contribution in [3.05, 3.63) is 11.6 Å². The monoisotopic (exact) mass is 464 g/mol. The van der Waals surface area contributed by atoms with Crippen LogP contribution in [0.2, 0.25) is 0 Å². The predicted octanol–water partition coefficient (Wildman–Crippen LogP) is 2.88. The lowest BCUT2D eigenvalue weighted by molar-refractivity contribution is -0.189. The molecule has 9 unspecified atom stereocenters. The molecule has 4 rings (SSSR count). The summed E-state index contributed by atoms with van der Waals surface area (Å²) in [5.41, 5.74) is -3.94. The molecule has 3 saturated carbocycles. The molecule has 4 aliphatic carbocycles. The van der Waals surface area contributed by atoms with Gasteiger partial charge in [0, 0.05) is 17.3 Å². The van der Waals surface area contributed by atoms with Gasteiger partial charge in [-0.25, -0.2) is 0 Å². The molecule has 0 aromatic carbocycles. The summed E-state index contributed by atoms with van der Waals surface area (Å²) in [7, 11) is 0. The first-order valence-electron chi connectivity index (χ1n) is 12.9. The minimum atomic E-state index is -1.58. The molecular weight excluding hydrogens is 420 g/mol. The first kappa shape index (κ1) is 25.3. The highest BCUT2D eigenvalue weighted by Crippen LogP contribution is 2.68. The molecule has 4 aliphatic rings. The molecule has 5 N–H and O–H groups in total. The number of fused-ring (bicyclic) bond motifs is 5. The van der Waals surface area contributed by atoms with E-state index in [1.165, 1.54) is 6.08 Å². The molecule has 188 valence electrons. The summed E-state index contributed by atoms with van der Waals surface area (Å²) in [4.78, 5) is 13.3. The van der Waals surface area contributed by atoms with E-state index in [1.54, 1.807) is 13.8 Å². The average molecular weight is 465 g/mol. The van der Waals surface area contributed by atoms with Crippen LogP contribution in [0, 0.1) is 28.6 Å². The highest BCUT2D eigenvalue weighted by molar-refractivity contribution is 6.00. The van der Waals surface area contributed by atoms with Crippen LogP contribution in [0.4, 0.5) is 0 Å². The van der Waals surface area contributed by atoms with Crippen molar-refractivity contribution >= 4 is 5.78 Å². The van der Waals surface area contributed by atoms with Crippen LogP contribution >= 0.6 is 0 Å². The number of rotatable bonds is 5. The lowest BCUT2D eigenvalue weighted by atomic mass is 9.44. The molecule has 0 spiro atoms. The zero-order chi connectivity index (χ0) is 24.6. The summed E-state index contributed by atoms with van der Waals surface area (Å²) in [6.45, 7) is 9.63. The molecule has 0 aromatic heterocycles. The molecule has 0 bridgehead atoms. The first-order chi connectivity index (χ1) is 15.1. The highest BCUT2D eigenvalue weighted by Gasteiger charge is 2.69. The van der Waals surface area contributed by atoms with Gasteiger partial charge in [0.15, 0.2) is 5.78 Å². The van der Waals surface area contributed by atoms with E-state index in [9.17, 15) is 30.3 Å². The Labute approximate surface area is 198 Å². The Morgan fingerprint density at radius 3 is 2.33 bits per heavy atom. The molecular formula is C27H44O6. The lowest BCUT2D eigenvalue weighted by Gasteiger charge is -2.62. The van der Waals surface area contributed by atoms with Gasteiger partial charge in [0.25, 0.3) is 0 Å². The molecule has 33 heavy (non-hydrogen) atoms. The van der Waals surface area contributed by atoms with E-state index < -0.39 is 39.8 Å². The maximum atomic E-state index is 13.3. The van der Waals surface area contributed by atoms with Crippen LogP contribution in [0.25, 0.3) is 0 Å². The largest absolute Gasteiger partial charge is 0.393 e. The van der Waals surface area contributed by atoms with E-state index in [1.807, 2.05) is 13.8 Å². The summed E-state index contributed by atoms with van der Waals surface area (Å²) in [6.07, 6.45) is 5.31. The molecule has 0 radical (unpaired) electrons. The fourth-order valence-corrected chi connectivity index (χ4v) is 8.24. The molecule has 0 amide bonds. The number of aliphatic hydroxyl groups is 5. The second kappa shape index (κ2) is 7.86. The summed E-state index contributed by atoms with van der Waals surface area (Å²) in [5, 5.41) is 54.9. The van der Waals surface area contributed by atoms with Gasteiger partial charge < -0.3 is 25.5 Å². The van der Waals surface area contributed by atoms with Crippen molar-refractivity contribution in [2.75, 3.05) is 0 Å². The van der Waals surface area contributed by atoms with Crippen LogP contribution in [0.1, 0.15) is 92.4 Å².